The summed E-state index contributed by atoms with van der Waals surface area (Å²) in [6.45, 7) is 2.05. The third-order valence-corrected chi connectivity index (χ3v) is 6.34. The molecule has 1 N–H and O–H groups in total. The molecule has 1 amide bonds. The van der Waals surface area contributed by atoms with E-state index >= 15 is 0 Å². The Labute approximate surface area is 183 Å². The second-order valence-corrected chi connectivity index (χ2v) is 8.63. The van der Waals surface area contributed by atoms with E-state index in [0.29, 0.717) is 46.0 Å². The Balaban J connectivity index is 1.71. The number of hydrogen-bond donors (Lipinski definition) is 1. The maximum absolute atomic E-state index is 13.2. The van der Waals surface area contributed by atoms with Crippen LogP contribution in [0.1, 0.15) is 18.4 Å². The molecule has 2 aliphatic heterocycles. The lowest BCUT2D eigenvalue weighted by molar-refractivity contribution is -0.122. The van der Waals surface area contributed by atoms with Crippen molar-refractivity contribution < 1.29 is 14.3 Å². The molecule has 10 heteroatoms. The van der Waals surface area contributed by atoms with Crippen molar-refractivity contribution >= 4 is 51.7 Å². The van der Waals surface area contributed by atoms with Crippen molar-refractivity contribution in [1.82, 2.24) is 14.3 Å². The Morgan fingerprint density at radius 2 is 2.30 bits per heavy atom. The number of carbonyl (C=O) groups excluding carboxylic acids is 1. The van der Waals surface area contributed by atoms with Gasteiger partial charge in [-0.25, -0.2) is 4.98 Å². The Kier molecular flexibility index (Phi) is 6.47. The fourth-order valence-corrected chi connectivity index (χ4v) is 4.68. The minimum Gasteiger partial charge on any atom is -0.383 e. The first-order valence-corrected chi connectivity index (χ1v) is 10.9. The summed E-state index contributed by atoms with van der Waals surface area (Å²) < 4.78 is 12.6. The number of methoxy groups -OCH3 is 1. The van der Waals surface area contributed by atoms with Crippen LogP contribution in [0.5, 0.6) is 0 Å². The van der Waals surface area contributed by atoms with Crippen molar-refractivity contribution in [3.63, 3.8) is 0 Å². The summed E-state index contributed by atoms with van der Waals surface area (Å²) in [5.41, 5.74) is 0.601. The number of pyridine rings is 1. The first-order valence-electron chi connectivity index (χ1n) is 9.69. The second-order valence-electron chi connectivity index (χ2n) is 6.95. The molecule has 0 bridgehead atoms. The van der Waals surface area contributed by atoms with E-state index in [1.807, 2.05) is 6.07 Å². The molecule has 158 valence electrons. The van der Waals surface area contributed by atoms with E-state index in [-0.39, 0.29) is 17.6 Å². The van der Waals surface area contributed by atoms with E-state index < -0.39 is 0 Å². The minimum absolute atomic E-state index is 0.0844. The lowest BCUT2D eigenvalue weighted by Crippen LogP contribution is -2.31. The van der Waals surface area contributed by atoms with Crippen molar-refractivity contribution in [3.8, 4) is 0 Å². The van der Waals surface area contributed by atoms with Crippen LogP contribution >= 0.6 is 24.0 Å². The summed E-state index contributed by atoms with van der Waals surface area (Å²) >= 11 is 6.51. The van der Waals surface area contributed by atoms with Gasteiger partial charge in [-0.2, -0.15) is 0 Å². The van der Waals surface area contributed by atoms with E-state index in [1.54, 1.807) is 31.5 Å². The molecule has 1 atom stereocenters. The highest BCUT2D eigenvalue weighted by Gasteiger charge is 2.32. The number of thioether (sulfide) groups is 1. The summed E-state index contributed by atoms with van der Waals surface area (Å²) in [7, 11) is 1.57. The van der Waals surface area contributed by atoms with Gasteiger partial charge in [-0.1, -0.05) is 30.0 Å². The van der Waals surface area contributed by atoms with Gasteiger partial charge in [-0.05, 0) is 31.1 Å². The van der Waals surface area contributed by atoms with Gasteiger partial charge >= 0.3 is 0 Å². The van der Waals surface area contributed by atoms with Gasteiger partial charge in [-0.15, -0.1) is 0 Å². The van der Waals surface area contributed by atoms with Crippen molar-refractivity contribution in [3.05, 3.63) is 45.2 Å². The highest BCUT2D eigenvalue weighted by molar-refractivity contribution is 8.26. The van der Waals surface area contributed by atoms with Crippen LogP contribution in [0.4, 0.5) is 5.82 Å². The number of thiocarbonyl (C=S) groups is 1. The number of fused-ring (bicyclic) bond motifs is 1. The lowest BCUT2D eigenvalue weighted by Gasteiger charge is -2.14. The quantitative estimate of drug-likeness (QED) is 0.512. The third-order valence-electron chi connectivity index (χ3n) is 4.96. The molecule has 2 aromatic heterocycles. The molecule has 1 unspecified atom stereocenters. The van der Waals surface area contributed by atoms with Gasteiger partial charge < -0.3 is 14.8 Å². The van der Waals surface area contributed by atoms with Crippen LogP contribution in [0.2, 0.25) is 0 Å². The molecule has 0 aliphatic carbocycles. The molecule has 0 spiro atoms. The fourth-order valence-electron chi connectivity index (χ4n) is 3.39. The normalized spacial score (nSPS) is 20.6. The van der Waals surface area contributed by atoms with E-state index in [1.165, 1.54) is 21.1 Å². The predicted octanol–water partition coefficient (Wildman–Crippen LogP) is 2.13. The second kappa shape index (κ2) is 9.25. The molecule has 0 radical (unpaired) electrons. The van der Waals surface area contributed by atoms with Crippen molar-refractivity contribution in [1.29, 1.82) is 0 Å². The molecule has 2 saturated heterocycles. The number of hydrogen-bond acceptors (Lipinski definition) is 8. The summed E-state index contributed by atoms with van der Waals surface area (Å²) in [5, 5.41) is 3.25. The number of amides is 1. The zero-order valence-electron chi connectivity index (χ0n) is 16.5. The first kappa shape index (κ1) is 21.0. The van der Waals surface area contributed by atoms with E-state index in [9.17, 15) is 9.59 Å². The number of nitrogens with one attached hydrogen (secondary N) is 1. The molecule has 4 heterocycles. The zero-order chi connectivity index (χ0) is 21.1. The van der Waals surface area contributed by atoms with Crippen LogP contribution in [0.15, 0.2) is 34.1 Å². The fraction of sp³-hybridized carbons (Fsp3) is 0.400. The van der Waals surface area contributed by atoms with Crippen LogP contribution < -0.4 is 10.9 Å². The van der Waals surface area contributed by atoms with E-state index in [4.69, 9.17) is 21.7 Å². The highest BCUT2D eigenvalue weighted by atomic mass is 32.2. The summed E-state index contributed by atoms with van der Waals surface area (Å²) in [6.07, 6.45) is 5.32. The summed E-state index contributed by atoms with van der Waals surface area (Å²) in [5.74, 6) is 0.202. The van der Waals surface area contributed by atoms with Gasteiger partial charge in [0.05, 0.1) is 29.7 Å². The topological polar surface area (TPSA) is 85.2 Å². The molecule has 2 fully saturated rings. The molecule has 0 saturated carbocycles. The van der Waals surface area contributed by atoms with Gasteiger partial charge in [0, 0.05) is 26.5 Å². The average molecular weight is 447 g/mol. The van der Waals surface area contributed by atoms with Crippen molar-refractivity contribution in [2.24, 2.45) is 0 Å². The van der Waals surface area contributed by atoms with Crippen LogP contribution in [0.3, 0.4) is 0 Å². The first-order chi connectivity index (χ1) is 14.6. The number of aromatic nitrogens is 2. The average Bonchev–Trinajstić information content (AvgIpc) is 3.36. The lowest BCUT2D eigenvalue weighted by atomic mass is 10.2. The maximum Gasteiger partial charge on any atom is 0.267 e. The Morgan fingerprint density at radius 1 is 1.43 bits per heavy atom. The molecule has 8 nitrogen and oxygen atoms in total. The van der Waals surface area contributed by atoms with Crippen molar-refractivity contribution in [2.75, 3.05) is 38.7 Å². The maximum atomic E-state index is 13.2. The Bertz CT molecular complexity index is 1060. The van der Waals surface area contributed by atoms with Gasteiger partial charge in [0.2, 0.25) is 0 Å². The molecule has 4 rings (SSSR count). The largest absolute Gasteiger partial charge is 0.383 e. The molecular formula is C20H22N4O4S2. The van der Waals surface area contributed by atoms with Gasteiger partial charge in [0.1, 0.15) is 15.8 Å². The molecule has 0 aromatic carbocycles. The molecule has 30 heavy (non-hydrogen) atoms. The van der Waals surface area contributed by atoms with E-state index in [0.717, 1.165) is 19.4 Å². The molecular weight excluding hydrogens is 424 g/mol. The minimum atomic E-state index is -0.252. The Morgan fingerprint density at radius 3 is 3.07 bits per heavy atom. The van der Waals surface area contributed by atoms with Crippen LogP contribution in [0, 0.1) is 0 Å². The predicted molar refractivity (Wildman–Crippen MR) is 121 cm³/mol. The van der Waals surface area contributed by atoms with Gasteiger partial charge in [0.15, 0.2) is 0 Å². The summed E-state index contributed by atoms with van der Waals surface area (Å²) in [4.78, 5) is 32.5. The number of ether oxygens (including phenoxy) is 2. The SMILES string of the molecule is COCCN1C(=O)/C(=C/c2c(NCC3CCCO3)nc3ccccn3c2=O)SC1=S. The van der Waals surface area contributed by atoms with Crippen LogP contribution in [-0.4, -0.2) is 64.0 Å². The monoisotopic (exact) mass is 446 g/mol. The van der Waals surface area contributed by atoms with Crippen molar-refractivity contribution in [2.45, 2.75) is 18.9 Å². The summed E-state index contributed by atoms with van der Waals surface area (Å²) in [6, 6.07) is 5.36. The van der Waals surface area contributed by atoms with Crippen LogP contribution in [0.25, 0.3) is 11.7 Å². The highest BCUT2D eigenvalue weighted by Crippen LogP contribution is 2.32. The molecule has 2 aromatic rings. The third kappa shape index (κ3) is 4.27. The smallest absolute Gasteiger partial charge is 0.267 e. The number of anilines is 1. The van der Waals surface area contributed by atoms with E-state index in [2.05, 4.69) is 10.3 Å². The van der Waals surface area contributed by atoms with Gasteiger partial charge in [0.25, 0.3) is 11.5 Å². The van der Waals surface area contributed by atoms with Gasteiger partial charge in [-0.3, -0.25) is 18.9 Å². The zero-order valence-corrected chi connectivity index (χ0v) is 18.1. The number of carbonyl (C=O) groups is 1. The standard InChI is InChI=1S/C20H22N4O4S2/c1-27-10-8-24-19(26)15(30-20(24)29)11-14-17(21-12-13-5-4-9-28-13)22-16-6-2-3-7-23(16)18(14)25/h2-3,6-7,11,13,21H,4-5,8-10,12H2,1H3/b15-11-. The number of rotatable bonds is 7. The Hall–Kier alpha value is -2.27. The number of nitrogens with zero attached hydrogens (tertiary/aromatic N) is 3. The van der Waals surface area contributed by atoms with Crippen LogP contribution in [-0.2, 0) is 14.3 Å². The molecule has 2 aliphatic rings.